The van der Waals surface area contributed by atoms with Crippen molar-refractivity contribution < 1.29 is 23.1 Å². The summed E-state index contributed by atoms with van der Waals surface area (Å²) in [7, 11) is 2.89. The van der Waals surface area contributed by atoms with Gasteiger partial charge in [-0.3, -0.25) is 9.69 Å². The molecule has 0 saturated heterocycles. The maximum atomic E-state index is 14.2. The lowest BCUT2D eigenvalue weighted by molar-refractivity contribution is 0.0960. The Kier molecular flexibility index (Phi) is 6.90. The van der Waals surface area contributed by atoms with Crippen LogP contribution < -0.4 is 20.6 Å². The summed E-state index contributed by atoms with van der Waals surface area (Å²) in [6.07, 6.45) is 4.08. The lowest BCUT2D eigenvalue weighted by Gasteiger charge is -2.34. The fraction of sp³-hybridized carbons (Fsp3) is 0.348. The molecule has 3 aromatic rings. The van der Waals surface area contributed by atoms with Gasteiger partial charge in [0.2, 0.25) is 0 Å². The first-order valence-corrected chi connectivity index (χ1v) is 11.1. The molecule has 4 rings (SSSR count). The van der Waals surface area contributed by atoms with E-state index in [1.807, 2.05) is 0 Å². The third-order valence-electron chi connectivity index (χ3n) is 5.99. The monoisotopic (exact) mass is 486 g/mol. The highest BCUT2D eigenvalue weighted by atomic mass is 19.1. The first kappa shape index (κ1) is 24.0. The molecule has 0 bridgehead atoms. The molecule has 2 amide bonds. The molecule has 1 fully saturated rings. The number of para-hydroxylation sites is 1. The van der Waals surface area contributed by atoms with E-state index in [9.17, 15) is 23.2 Å². The van der Waals surface area contributed by atoms with Gasteiger partial charge in [0.15, 0.2) is 11.6 Å². The summed E-state index contributed by atoms with van der Waals surface area (Å²) in [5.74, 6) is -2.16. The summed E-state index contributed by atoms with van der Waals surface area (Å²) >= 11 is 0. The Morgan fingerprint density at radius 1 is 1.09 bits per heavy atom. The summed E-state index contributed by atoms with van der Waals surface area (Å²) in [4.78, 5) is 40.4. The Morgan fingerprint density at radius 2 is 1.77 bits per heavy atom. The Labute approximate surface area is 199 Å². The van der Waals surface area contributed by atoms with E-state index in [1.165, 1.54) is 25.1 Å². The number of amides is 2. The molecule has 12 heteroatoms. The quantitative estimate of drug-likeness (QED) is 0.555. The van der Waals surface area contributed by atoms with Gasteiger partial charge in [0.1, 0.15) is 11.4 Å². The Balaban J connectivity index is 1.81. The molecular formula is C23H24F2N6O4. The average Bonchev–Trinajstić information content (AvgIpc) is 3.25. The van der Waals surface area contributed by atoms with Gasteiger partial charge in [-0.25, -0.2) is 18.4 Å². The number of carbonyl (C=O) groups excluding carboxylic acids is 2. The van der Waals surface area contributed by atoms with Gasteiger partial charge in [-0.05, 0) is 53.6 Å². The number of anilines is 1. The van der Waals surface area contributed by atoms with Crippen LogP contribution in [0.3, 0.4) is 0 Å². The van der Waals surface area contributed by atoms with Gasteiger partial charge in [-0.15, -0.1) is 4.68 Å². The van der Waals surface area contributed by atoms with E-state index < -0.39 is 34.9 Å². The molecule has 1 heterocycles. The van der Waals surface area contributed by atoms with Crippen molar-refractivity contribution in [1.82, 2.24) is 25.1 Å². The molecule has 1 aliphatic rings. The zero-order chi connectivity index (χ0) is 25.1. The number of tetrazole rings is 1. The van der Waals surface area contributed by atoms with Gasteiger partial charge in [0, 0.05) is 18.8 Å². The third kappa shape index (κ3) is 4.51. The van der Waals surface area contributed by atoms with Crippen LogP contribution in [0.25, 0.3) is 5.69 Å². The Bertz CT molecular complexity index is 1300. The highest BCUT2D eigenvalue weighted by Crippen LogP contribution is 2.31. The summed E-state index contributed by atoms with van der Waals surface area (Å²) in [5, 5.41) is 9.68. The molecule has 0 aliphatic heterocycles. The van der Waals surface area contributed by atoms with E-state index in [1.54, 1.807) is 12.1 Å². The van der Waals surface area contributed by atoms with E-state index in [2.05, 4.69) is 15.7 Å². The second-order valence-corrected chi connectivity index (χ2v) is 8.06. The van der Waals surface area contributed by atoms with Crippen LogP contribution in [-0.2, 0) is 0 Å². The molecular weight excluding hydrogens is 462 g/mol. The highest BCUT2D eigenvalue weighted by molar-refractivity contribution is 6.00. The van der Waals surface area contributed by atoms with E-state index in [0.29, 0.717) is 33.6 Å². The van der Waals surface area contributed by atoms with Gasteiger partial charge in [-0.1, -0.05) is 25.3 Å². The fourth-order valence-electron chi connectivity index (χ4n) is 4.27. The van der Waals surface area contributed by atoms with Crippen molar-refractivity contribution in [3.8, 4) is 11.4 Å². The zero-order valence-electron chi connectivity index (χ0n) is 19.2. The van der Waals surface area contributed by atoms with Crippen LogP contribution in [0.15, 0.2) is 41.2 Å². The van der Waals surface area contributed by atoms with Gasteiger partial charge < -0.3 is 10.1 Å². The first-order chi connectivity index (χ1) is 16.9. The van der Waals surface area contributed by atoms with E-state index in [0.717, 1.165) is 37.5 Å². The number of halogens is 2. The van der Waals surface area contributed by atoms with Crippen molar-refractivity contribution in [1.29, 1.82) is 0 Å². The maximum absolute atomic E-state index is 14.2. The molecule has 1 N–H and O–H groups in total. The molecule has 1 saturated carbocycles. The number of rotatable bonds is 5. The van der Waals surface area contributed by atoms with Crippen LogP contribution >= 0.6 is 0 Å². The number of hydrogen-bond acceptors (Lipinski definition) is 6. The lowest BCUT2D eigenvalue weighted by atomic mass is 9.93. The van der Waals surface area contributed by atoms with Crippen LogP contribution in [0.4, 0.5) is 19.3 Å². The molecule has 10 nitrogen and oxygen atoms in total. The van der Waals surface area contributed by atoms with Crippen molar-refractivity contribution >= 4 is 17.6 Å². The number of carbonyl (C=O) groups is 2. The molecule has 0 unspecified atom stereocenters. The van der Waals surface area contributed by atoms with E-state index in [-0.39, 0.29) is 11.6 Å². The second-order valence-electron chi connectivity index (χ2n) is 8.06. The van der Waals surface area contributed by atoms with E-state index >= 15 is 0 Å². The van der Waals surface area contributed by atoms with Crippen molar-refractivity contribution in [2.45, 2.75) is 38.1 Å². The highest BCUT2D eigenvalue weighted by Gasteiger charge is 2.32. The average molecular weight is 486 g/mol. The molecule has 1 aromatic heterocycles. The fourth-order valence-corrected chi connectivity index (χ4v) is 4.27. The minimum atomic E-state index is -1.13. The smallest absolute Gasteiger partial charge is 0.377 e. The maximum Gasteiger partial charge on any atom is 0.377 e. The van der Waals surface area contributed by atoms with Crippen molar-refractivity contribution in [2.24, 2.45) is 0 Å². The van der Waals surface area contributed by atoms with Crippen LogP contribution in [-0.4, -0.2) is 51.9 Å². The summed E-state index contributed by atoms with van der Waals surface area (Å²) in [5.41, 5.74) is -1.31. The topological polar surface area (TPSA) is 111 Å². The van der Waals surface area contributed by atoms with Crippen LogP contribution in [0.5, 0.6) is 5.75 Å². The summed E-state index contributed by atoms with van der Waals surface area (Å²) in [6, 6.07) is 6.60. The van der Waals surface area contributed by atoms with Crippen molar-refractivity contribution in [3.63, 3.8) is 0 Å². The second kappa shape index (κ2) is 10.0. The first-order valence-electron chi connectivity index (χ1n) is 11.1. The van der Waals surface area contributed by atoms with Crippen molar-refractivity contribution in [3.05, 3.63) is 64.1 Å². The number of hydrogen-bond donors (Lipinski definition) is 1. The molecule has 0 radical (unpaired) electrons. The normalized spacial score (nSPS) is 13.9. The van der Waals surface area contributed by atoms with Gasteiger partial charge in [0.25, 0.3) is 5.91 Å². The van der Waals surface area contributed by atoms with Crippen LogP contribution in [0.1, 0.15) is 42.5 Å². The van der Waals surface area contributed by atoms with Crippen molar-refractivity contribution in [2.75, 3.05) is 19.1 Å². The molecule has 0 atom stereocenters. The Hall–Kier alpha value is -4.09. The molecule has 0 spiro atoms. The number of methoxy groups -OCH3 is 1. The predicted molar refractivity (Wildman–Crippen MR) is 122 cm³/mol. The minimum absolute atomic E-state index is 0.200. The van der Waals surface area contributed by atoms with Crippen LogP contribution in [0, 0.1) is 11.6 Å². The molecule has 35 heavy (non-hydrogen) atoms. The summed E-state index contributed by atoms with van der Waals surface area (Å²) < 4.78 is 34.6. The number of nitrogens with one attached hydrogen (secondary N) is 1. The largest absolute Gasteiger partial charge is 0.496 e. The minimum Gasteiger partial charge on any atom is -0.496 e. The molecule has 2 aromatic carbocycles. The molecule has 184 valence electrons. The van der Waals surface area contributed by atoms with Gasteiger partial charge in [-0.2, -0.15) is 4.68 Å². The van der Waals surface area contributed by atoms with E-state index in [4.69, 9.17) is 4.74 Å². The molecule has 1 aliphatic carbocycles. The zero-order valence-corrected chi connectivity index (χ0v) is 19.2. The van der Waals surface area contributed by atoms with Gasteiger partial charge >= 0.3 is 11.7 Å². The lowest BCUT2D eigenvalue weighted by Crippen LogP contribution is -2.47. The number of benzene rings is 2. The third-order valence-corrected chi connectivity index (χ3v) is 5.99. The Morgan fingerprint density at radius 3 is 2.40 bits per heavy atom. The summed E-state index contributed by atoms with van der Waals surface area (Å²) in [6.45, 7) is 0. The number of ether oxygens (including phenoxy) is 1. The van der Waals surface area contributed by atoms with Crippen LogP contribution in [0.2, 0.25) is 0 Å². The predicted octanol–water partition coefficient (Wildman–Crippen LogP) is 2.88. The number of nitrogens with zero attached hydrogens (tertiary/aromatic N) is 5. The SMILES string of the molecule is CNC(=O)c1cc(N(C(=O)n2nnn(-c3c(F)cccc3F)c2=O)C2CCCCC2)ccc1OC. The number of aromatic nitrogens is 4. The van der Waals surface area contributed by atoms with Gasteiger partial charge in [0.05, 0.1) is 12.7 Å². The standard InChI is InChI=1S/C23H24F2N6O4/c1-26-21(32)16-13-15(11-12-19(16)35-2)29(14-7-4-3-5-8-14)22(33)31-23(34)30(27-28-31)20-17(24)9-6-10-18(20)25/h6,9-14H,3-5,7-8H2,1-2H3,(H,26,32).